The van der Waals surface area contributed by atoms with E-state index in [2.05, 4.69) is 65.4 Å². The van der Waals surface area contributed by atoms with Crippen LogP contribution in [0.25, 0.3) is 5.57 Å². The van der Waals surface area contributed by atoms with Gasteiger partial charge < -0.3 is 20.0 Å². The van der Waals surface area contributed by atoms with Gasteiger partial charge in [0.15, 0.2) is 0 Å². The monoisotopic (exact) mass is 430 g/mol. The van der Waals surface area contributed by atoms with E-state index < -0.39 is 0 Å². The third-order valence-electron chi connectivity index (χ3n) is 6.53. The minimum atomic E-state index is 0.182. The lowest BCUT2D eigenvalue weighted by Gasteiger charge is -2.34. The first-order chi connectivity index (χ1) is 15.7. The molecule has 2 aliphatic rings. The summed E-state index contributed by atoms with van der Waals surface area (Å²) in [6, 6.07) is 16.5. The molecule has 1 unspecified atom stereocenters. The molecular formula is C28H34N2O2. The van der Waals surface area contributed by atoms with E-state index in [4.69, 9.17) is 0 Å². The zero-order valence-corrected chi connectivity index (χ0v) is 19.0. The Morgan fingerprint density at radius 2 is 1.56 bits per heavy atom. The largest absolute Gasteiger partial charge is 0.508 e. The Kier molecular flexibility index (Phi) is 7.46. The molecule has 0 saturated carbocycles. The van der Waals surface area contributed by atoms with Crippen LogP contribution in [0.1, 0.15) is 30.4 Å². The fourth-order valence-electron chi connectivity index (χ4n) is 4.67. The molecule has 0 spiro atoms. The molecule has 2 aromatic carbocycles. The van der Waals surface area contributed by atoms with Crippen molar-refractivity contribution >= 4 is 11.3 Å². The quantitative estimate of drug-likeness (QED) is 0.659. The lowest BCUT2D eigenvalue weighted by molar-refractivity contribution is 0.287. The van der Waals surface area contributed by atoms with Crippen LogP contribution in [0, 0.1) is 5.92 Å². The van der Waals surface area contributed by atoms with Gasteiger partial charge in [-0.3, -0.25) is 0 Å². The summed E-state index contributed by atoms with van der Waals surface area (Å²) in [6.07, 6.45) is 11.3. The number of hydrogen-bond donors (Lipinski definition) is 2. The minimum Gasteiger partial charge on any atom is -0.508 e. The zero-order valence-electron chi connectivity index (χ0n) is 19.0. The van der Waals surface area contributed by atoms with Gasteiger partial charge in [0.25, 0.3) is 0 Å². The molecule has 4 rings (SSSR count). The number of phenolic OH excluding ortho intramolecular Hbond substituents is 1. The number of benzene rings is 2. The summed E-state index contributed by atoms with van der Waals surface area (Å²) in [5.74, 6) is 0.587. The number of piperazine rings is 1. The number of rotatable bonds is 7. The maximum Gasteiger partial charge on any atom is 0.115 e. The van der Waals surface area contributed by atoms with E-state index in [1.54, 1.807) is 12.1 Å². The van der Waals surface area contributed by atoms with Crippen LogP contribution in [-0.2, 0) is 0 Å². The molecule has 4 nitrogen and oxygen atoms in total. The highest BCUT2D eigenvalue weighted by atomic mass is 16.3. The highest BCUT2D eigenvalue weighted by Gasteiger charge is 2.20. The molecule has 1 atom stereocenters. The van der Waals surface area contributed by atoms with Crippen LogP contribution in [0.15, 0.2) is 78.4 Å². The van der Waals surface area contributed by atoms with Crippen molar-refractivity contribution in [1.29, 1.82) is 0 Å². The molecular weight excluding hydrogens is 396 g/mol. The van der Waals surface area contributed by atoms with E-state index in [9.17, 15) is 10.2 Å². The average molecular weight is 431 g/mol. The first kappa shape index (κ1) is 22.4. The summed E-state index contributed by atoms with van der Waals surface area (Å²) >= 11 is 0. The lowest BCUT2D eigenvalue weighted by atomic mass is 9.81. The molecule has 2 N–H and O–H groups in total. The molecule has 32 heavy (non-hydrogen) atoms. The number of likely N-dealkylation sites (N-methyl/N-ethyl adjacent to an activating group) is 1. The smallest absolute Gasteiger partial charge is 0.115 e. The standard InChI is InChI=1S/C28H34N2O2/c1-29-17-19-30(20-18-29)25-13-9-23(10-14-25)28(24-11-15-26(32)16-12-24)27(8-5-21-31)22-6-3-2-4-7-22/h2-4,6,9-16,22,31-32H,5,7-8,17-21H2,1H3/b28-27+. The molecule has 1 aliphatic heterocycles. The molecule has 0 amide bonds. The topological polar surface area (TPSA) is 46.9 Å². The van der Waals surface area contributed by atoms with Gasteiger partial charge in [-0.2, -0.15) is 0 Å². The lowest BCUT2D eigenvalue weighted by Crippen LogP contribution is -2.44. The van der Waals surface area contributed by atoms with E-state index >= 15 is 0 Å². The Bertz CT molecular complexity index is 965. The predicted molar refractivity (Wildman–Crippen MR) is 133 cm³/mol. The van der Waals surface area contributed by atoms with Gasteiger partial charge in [0.1, 0.15) is 5.75 Å². The maximum atomic E-state index is 9.86. The van der Waals surface area contributed by atoms with Crippen molar-refractivity contribution < 1.29 is 10.2 Å². The second-order valence-corrected chi connectivity index (χ2v) is 8.77. The van der Waals surface area contributed by atoms with Gasteiger partial charge in [-0.25, -0.2) is 0 Å². The molecule has 1 fully saturated rings. The second-order valence-electron chi connectivity index (χ2n) is 8.77. The number of aliphatic hydroxyl groups is 1. The SMILES string of the molecule is CN1CCN(c2ccc(/C(=C(/CCCO)C3C=CC=CC3)c3ccc(O)cc3)cc2)CC1. The van der Waals surface area contributed by atoms with Crippen LogP contribution in [-0.4, -0.2) is 54.9 Å². The zero-order chi connectivity index (χ0) is 22.3. The second kappa shape index (κ2) is 10.7. The van der Waals surface area contributed by atoms with E-state index in [0.29, 0.717) is 5.92 Å². The third-order valence-corrected chi connectivity index (χ3v) is 6.53. The number of allylic oxidation sites excluding steroid dienone is 5. The van der Waals surface area contributed by atoms with E-state index in [-0.39, 0.29) is 12.4 Å². The van der Waals surface area contributed by atoms with E-state index in [1.807, 2.05) is 12.1 Å². The molecule has 0 bridgehead atoms. The van der Waals surface area contributed by atoms with Crippen molar-refractivity contribution in [3.8, 4) is 5.75 Å². The van der Waals surface area contributed by atoms with Crippen molar-refractivity contribution in [3.05, 3.63) is 89.5 Å². The minimum absolute atomic E-state index is 0.182. The summed E-state index contributed by atoms with van der Waals surface area (Å²) in [4.78, 5) is 4.82. The third kappa shape index (κ3) is 5.32. The number of anilines is 1. The van der Waals surface area contributed by atoms with Crippen molar-refractivity contribution in [2.45, 2.75) is 19.3 Å². The molecule has 1 heterocycles. The fraction of sp³-hybridized carbons (Fsp3) is 0.357. The van der Waals surface area contributed by atoms with Gasteiger partial charge in [0, 0.05) is 44.4 Å². The molecule has 0 aromatic heterocycles. The van der Waals surface area contributed by atoms with Crippen LogP contribution in [0.4, 0.5) is 5.69 Å². The Morgan fingerprint density at radius 1 is 0.906 bits per heavy atom. The maximum absolute atomic E-state index is 9.86. The van der Waals surface area contributed by atoms with Crippen LogP contribution in [0.5, 0.6) is 5.75 Å². The van der Waals surface area contributed by atoms with E-state index in [1.165, 1.54) is 22.4 Å². The van der Waals surface area contributed by atoms with Crippen LogP contribution in [0.3, 0.4) is 0 Å². The van der Waals surface area contributed by atoms with Crippen LogP contribution >= 0.6 is 0 Å². The number of hydrogen-bond acceptors (Lipinski definition) is 4. The summed E-state index contributed by atoms with van der Waals surface area (Å²) in [7, 11) is 2.18. The molecule has 4 heteroatoms. The Balaban J connectivity index is 1.74. The summed E-state index contributed by atoms with van der Waals surface area (Å²) in [5.41, 5.74) is 6.12. The summed E-state index contributed by atoms with van der Waals surface area (Å²) in [6.45, 7) is 4.47. The van der Waals surface area contributed by atoms with Crippen LogP contribution in [0.2, 0.25) is 0 Å². The number of aromatic hydroxyl groups is 1. The average Bonchev–Trinajstić information content (AvgIpc) is 2.84. The number of phenols is 1. The van der Waals surface area contributed by atoms with Gasteiger partial charge in [-0.15, -0.1) is 0 Å². The molecule has 1 saturated heterocycles. The van der Waals surface area contributed by atoms with Gasteiger partial charge in [-0.05, 0) is 67.3 Å². The molecule has 1 aliphatic carbocycles. The highest BCUT2D eigenvalue weighted by molar-refractivity contribution is 5.83. The highest BCUT2D eigenvalue weighted by Crippen LogP contribution is 2.37. The summed E-state index contributed by atoms with van der Waals surface area (Å²) in [5, 5.41) is 19.4. The van der Waals surface area contributed by atoms with Crippen molar-refractivity contribution in [1.82, 2.24) is 4.90 Å². The molecule has 168 valence electrons. The van der Waals surface area contributed by atoms with Gasteiger partial charge >= 0.3 is 0 Å². The van der Waals surface area contributed by atoms with Crippen molar-refractivity contribution in [3.63, 3.8) is 0 Å². The van der Waals surface area contributed by atoms with Crippen molar-refractivity contribution in [2.75, 3.05) is 44.7 Å². The van der Waals surface area contributed by atoms with E-state index in [0.717, 1.165) is 51.0 Å². The first-order valence-corrected chi connectivity index (χ1v) is 11.7. The molecule has 0 radical (unpaired) electrons. The molecule has 2 aromatic rings. The fourth-order valence-corrected chi connectivity index (χ4v) is 4.67. The van der Waals surface area contributed by atoms with Crippen LogP contribution < -0.4 is 4.90 Å². The van der Waals surface area contributed by atoms with Gasteiger partial charge in [-0.1, -0.05) is 54.1 Å². The van der Waals surface area contributed by atoms with Crippen molar-refractivity contribution in [2.24, 2.45) is 5.92 Å². The predicted octanol–water partition coefficient (Wildman–Crippen LogP) is 4.85. The number of aliphatic hydroxyl groups excluding tert-OH is 1. The Labute approximate surface area is 191 Å². The Hall–Kier alpha value is -2.82. The normalized spacial score (nSPS) is 19.8. The Morgan fingerprint density at radius 3 is 2.16 bits per heavy atom. The van der Waals surface area contributed by atoms with Gasteiger partial charge in [0.05, 0.1) is 0 Å². The summed E-state index contributed by atoms with van der Waals surface area (Å²) < 4.78 is 0. The van der Waals surface area contributed by atoms with Gasteiger partial charge in [0.2, 0.25) is 0 Å². The first-order valence-electron chi connectivity index (χ1n) is 11.7. The number of nitrogens with zero attached hydrogens (tertiary/aromatic N) is 2.